The summed E-state index contributed by atoms with van der Waals surface area (Å²) >= 11 is 6.68. The maximum absolute atomic E-state index is 5.78. The molecule has 364 valence electrons. The minimum atomic E-state index is -0.118. The molecule has 6 aromatic heterocycles. The van der Waals surface area contributed by atoms with Gasteiger partial charge >= 0.3 is 0 Å². The van der Waals surface area contributed by atoms with E-state index in [0.717, 1.165) is 94.7 Å². The number of thiophene rings is 2. The highest BCUT2D eigenvalue weighted by atomic mass is 32.1. The van der Waals surface area contributed by atoms with Gasteiger partial charge in [0.05, 0.1) is 28.1 Å². The first kappa shape index (κ1) is 45.4. The van der Waals surface area contributed by atoms with Gasteiger partial charge in [0, 0.05) is 85.4 Å². The van der Waals surface area contributed by atoms with E-state index in [-0.39, 0.29) is 5.92 Å². The molecule has 7 nitrogen and oxygen atoms in total. The number of thiol groups is 1. The van der Waals surface area contributed by atoms with Crippen molar-refractivity contribution in [1.29, 1.82) is 0 Å². The number of allylic oxidation sites excluding steroid dienone is 5. The molecular formula is C67H43N7S3. The molecule has 77 heavy (non-hydrogen) atoms. The highest BCUT2D eigenvalue weighted by molar-refractivity contribution is 7.77. The molecule has 10 heteroatoms. The summed E-state index contributed by atoms with van der Waals surface area (Å²) in [4.78, 5) is 24.1. The Balaban J connectivity index is 0.00000256. The third-order valence-corrected chi connectivity index (χ3v) is 17.4. The van der Waals surface area contributed by atoms with Gasteiger partial charge in [-0.1, -0.05) is 146 Å². The van der Waals surface area contributed by atoms with E-state index in [4.69, 9.17) is 19.9 Å². The summed E-state index contributed by atoms with van der Waals surface area (Å²) in [5.41, 5.74) is 14.2. The molecule has 1 aliphatic carbocycles. The van der Waals surface area contributed by atoms with Crippen LogP contribution in [-0.4, -0.2) is 24.5 Å². The molecule has 2 N–H and O–H groups in total. The van der Waals surface area contributed by atoms with Crippen molar-refractivity contribution >= 4 is 120 Å². The molecule has 1 unspecified atom stereocenters. The lowest BCUT2D eigenvalue weighted by atomic mass is 9.79. The van der Waals surface area contributed by atoms with Crippen molar-refractivity contribution in [2.45, 2.75) is 5.92 Å². The molecule has 0 amide bonds. The van der Waals surface area contributed by atoms with Crippen molar-refractivity contribution < 1.29 is 0 Å². The lowest BCUT2D eigenvalue weighted by Gasteiger charge is -2.36. The number of nitrogens with two attached hydrogens (primary N) is 1. The van der Waals surface area contributed by atoms with E-state index >= 15 is 0 Å². The van der Waals surface area contributed by atoms with Crippen LogP contribution in [0.1, 0.15) is 11.5 Å². The summed E-state index contributed by atoms with van der Waals surface area (Å²) in [6.45, 7) is 0. The van der Waals surface area contributed by atoms with Gasteiger partial charge in [-0.3, -0.25) is 14.6 Å². The monoisotopic (exact) mass is 1040 g/mol. The van der Waals surface area contributed by atoms with Crippen LogP contribution in [0.5, 0.6) is 0 Å². The zero-order valence-electron chi connectivity index (χ0n) is 41.1. The van der Waals surface area contributed by atoms with E-state index in [1.165, 1.54) is 40.3 Å². The number of anilines is 2. The zero-order chi connectivity index (χ0) is 51.1. The third kappa shape index (κ3) is 7.29. The van der Waals surface area contributed by atoms with Crippen LogP contribution in [0, 0.1) is 0 Å². The molecule has 16 rings (SSSR count). The minimum Gasteiger partial charge on any atom is -0.292 e. The lowest BCUT2D eigenvalue weighted by Crippen LogP contribution is -2.25. The second-order valence-corrected chi connectivity index (χ2v) is 21.5. The highest BCUT2D eigenvalue weighted by Crippen LogP contribution is 2.57. The van der Waals surface area contributed by atoms with Gasteiger partial charge in [-0.15, -0.1) is 35.5 Å². The Morgan fingerprint density at radius 2 is 1.09 bits per heavy atom. The van der Waals surface area contributed by atoms with Crippen LogP contribution in [0.2, 0.25) is 0 Å². The number of hydrogen-bond donors (Lipinski definition) is 2. The number of benzene rings is 8. The number of rotatable bonds is 6. The fourth-order valence-electron chi connectivity index (χ4n) is 11.8. The molecule has 1 aliphatic heterocycles. The van der Waals surface area contributed by atoms with Gasteiger partial charge < -0.3 is 0 Å². The Hall–Kier alpha value is -9.03. The molecular weight excluding hydrogens is 999 g/mol. The van der Waals surface area contributed by atoms with Crippen LogP contribution in [0.25, 0.3) is 124 Å². The topological polar surface area (TPSA) is 85.8 Å². The average Bonchev–Trinajstić information content (AvgIpc) is 4.32. The summed E-state index contributed by atoms with van der Waals surface area (Å²) in [7, 11) is 0. The molecule has 7 heterocycles. The molecule has 8 aromatic carbocycles. The van der Waals surface area contributed by atoms with Gasteiger partial charge in [-0.05, 0) is 113 Å². The molecule has 0 saturated heterocycles. The van der Waals surface area contributed by atoms with Crippen molar-refractivity contribution in [2.75, 3.05) is 4.90 Å². The Morgan fingerprint density at radius 1 is 0.494 bits per heavy atom. The van der Waals surface area contributed by atoms with E-state index in [2.05, 4.69) is 252 Å². The average molecular weight is 1040 g/mol. The van der Waals surface area contributed by atoms with Gasteiger partial charge in [0.25, 0.3) is 0 Å². The first-order valence-corrected chi connectivity index (χ1v) is 27.6. The van der Waals surface area contributed by atoms with Gasteiger partial charge in [-0.2, -0.15) is 0 Å². The largest absolute Gasteiger partial charge is 0.292 e. The number of pyridine rings is 2. The summed E-state index contributed by atoms with van der Waals surface area (Å²) < 4.78 is 7.40. The van der Waals surface area contributed by atoms with Crippen LogP contribution < -0.4 is 10.0 Å². The standard InChI is InChI=1S/C67H40N6S2.H3NS/c1-3-16-40(17-4-1)60-61(41-18-5-2-6-19-41)63-49-25-9-12-26-54(49)73(59-34-31-42-21-15-35-68-66(42)71-59)65(63)64-62(60)45-20-7-8-22-46(36-45)72(64)67-69-52(43-29-32-57-50(37-43)47-23-10-13-27-55(47)74-57)39-53(70-67)44-30-33-58-51(38-44)48-24-11-14-28-56(48)75-58;1-2/h1-39,45H;2H,1H2. The maximum atomic E-state index is 5.78. The molecule has 0 fully saturated rings. The molecule has 2 bridgehead atoms. The summed E-state index contributed by atoms with van der Waals surface area (Å²) in [6.07, 6.45) is 13.1. The third-order valence-electron chi connectivity index (χ3n) is 15.0. The summed E-state index contributed by atoms with van der Waals surface area (Å²) in [6, 6.07) is 72.2. The van der Waals surface area contributed by atoms with Gasteiger partial charge in [-0.25, -0.2) is 19.9 Å². The normalized spacial score (nSPS) is 13.9. The van der Waals surface area contributed by atoms with Gasteiger partial charge in [0.15, 0.2) is 5.65 Å². The quantitative estimate of drug-likeness (QED) is 0.161. The number of hydrogen-bond acceptors (Lipinski definition) is 9. The van der Waals surface area contributed by atoms with Crippen molar-refractivity contribution in [1.82, 2.24) is 24.5 Å². The van der Waals surface area contributed by atoms with E-state index in [1.807, 2.05) is 34.9 Å². The molecule has 2 aliphatic rings. The molecule has 0 radical (unpaired) electrons. The highest BCUT2D eigenvalue weighted by Gasteiger charge is 2.38. The Bertz CT molecular complexity index is 4670. The maximum Gasteiger partial charge on any atom is 0.235 e. The number of aromatic nitrogens is 5. The van der Waals surface area contributed by atoms with Crippen LogP contribution in [-0.2, 0) is 0 Å². The number of fused-ring (bicyclic) bond motifs is 14. The van der Waals surface area contributed by atoms with Crippen molar-refractivity contribution in [3.63, 3.8) is 0 Å². The predicted molar refractivity (Wildman–Crippen MR) is 328 cm³/mol. The first-order valence-electron chi connectivity index (χ1n) is 25.5. The summed E-state index contributed by atoms with van der Waals surface area (Å²) in [5.74, 6) is 1.23. The summed E-state index contributed by atoms with van der Waals surface area (Å²) in [5, 5.41) is 12.3. The van der Waals surface area contributed by atoms with E-state index in [1.54, 1.807) is 0 Å². The Morgan fingerprint density at radius 3 is 1.77 bits per heavy atom. The number of nitrogens with zero attached hydrogens (tertiary/aromatic N) is 6. The molecule has 0 spiro atoms. The fourth-order valence-corrected chi connectivity index (χ4v) is 14.0. The van der Waals surface area contributed by atoms with Crippen molar-refractivity contribution in [3.05, 3.63) is 248 Å². The van der Waals surface area contributed by atoms with Crippen molar-refractivity contribution in [2.24, 2.45) is 5.14 Å². The smallest absolute Gasteiger partial charge is 0.235 e. The van der Waals surface area contributed by atoms with E-state index in [0.29, 0.717) is 11.6 Å². The second kappa shape index (κ2) is 18.4. The number of para-hydroxylation sites is 1. The zero-order valence-corrected chi connectivity index (χ0v) is 43.6. The second-order valence-electron chi connectivity index (χ2n) is 19.3. The van der Waals surface area contributed by atoms with Gasteiger partial charge in [0.2, 0.25) is 5.95 Å². The van der Waals surface area contributed by atoms with Gasteiger partial charge in [0.1, 0.15) is 5.82 Å². The van der Waals surface area contributed by atoms with Crippen LogP contribution in [0.15, 0.2) is 242 Å². The Labute approximate surface area is 456 Å². The minimum absolute atomic E-state index is 0.118. The Kier molecular flexibility index (Phi) is 10.8. The molecule has 0 saturated carbocycles. The fraction of sp³-hybridized carbons (Fsp3) is 0.0149. The van der Waals surface area contributed by atoms with Crippen LogP contribution in [0.3, 0.4) is 0 Å². The predicted octanol–water partition coefficient (Wildman–Crippen LogP) is 18.0. The molecule has 14 aromatic rings. The SMILES string of the molecule is C1=CC2=CC(C=C1)c1c(-c3ccccc3)c(-c3ccccc3)c3c4ccccc4n(-c4ccc5cccnc5n4)c3c1N2c1nc(-c2ccc3sc4ccccc4c3c2)cc(-c2ccc3sc4ccccc4c3c2)n1.NS. The first-order chi connectivity index (χ1) is 38.2. The van der Waals surface area contributed by atoms with Crippen LogP contribution >= 0.6 is 35.5 Å². The van der Waals surface area contributed by atoms with Crippen molar-refractivity contribution in [3.8, 4) is 50.6 Å². The lowest BCUT2D eigenvalue weighted by molar-refractivity contribution is 0.962. The van der Waals surface area contributed by atoms with Crippen LogP contribution in [0.4, 0.5) is 11.6 Å². The van der Waals surface area contributed by atoms with E-state index < -0.39 is 0 Å². The molecule has 1 atom stereocenters. The van der Waals surface area contributed by atoms with E-state index in [9.17, 15) is 0 Å².